The van der Waals surface area contributed by atoms with E-state index in [0.29, 0.717) is 24.5 Å². The maximum Gasteiger partial charge on any atom is 0.254 e. The molecule has 3 rings (SSSR count). The third kappa shape index (κ3) is 3.76. The number of aryl methyl sites for hydroxylation is 2. The van der Waals surface area contributed by atoms with Crippen molar-refractivity contribution in [3.05, 3.63) is 58.7 Å². The van der Waals surface area contributed by atoms with Gasteiger partial charge in [-0.1, -0.05) is 12.1 Å². The van der Waals surface area contributed by atoms with E-state index < -0.39 is 6.04 Å². The molecule has 0 spiro atoms. The zero-order chi connectivity index (χ0) is 20.4. The van der Waals surface area contributed by atoms with E-state index in [2.05, 4.69) is 5.32 Å². The molecule has 146 valence electrons. The zero-order valence-corrected chi connectivity index (χ0v) is 16.5. The highest BCUT2D eigenvalue weighted by molar-refractivity contribution is 6.07. The number of anilines is 1. The van der Waals surface area contributed by atoms with Gasteiger partial charge in [0.15, 0.2) is 5.78 Å². The Bertz CT molecular complexity index is 934. The lowest BCUT2D eigenvalue weighted by molar-refractivity contribution is -0.126. The lowest BCUT2D eigenvalue weighted by Crippen LogP contribution is -2.38. The zero-order valence-electron chi connectivity index (χ0n) is 16.5. The van der Waals surface area contributed by atoms with Gasteiger partial charge in [0.05, 0.1) is 12.2 Å². The molecule has 1 N–H and O–H groups in total. The molecule has 0 bridgehead atoms. The number of carbonyl (C=O) groups excluding carboxylic acids is 3. The second-order valence-electron chi connectivity index (χ2n) is 7.01. The van der Waals surface area contributed by atoms with Crippen molar-refractivity contribution >= 4 is 23.3 Å². The quantitative estimate of drug-likeness (QED) is 0.782. The van der Waals surface area contributed by atoms with E-state index in [1.165, 1.54) is 13.8 Å². The van der Waals surface area contributed by atoms with Crippen molar-refractivity contribution in [2.24, 2.45) is 0 Å². The predicted molar refractivity (Wildman–Crippen MR) is 107 cm³/mol. The van der Waals surface area contributed by atoms with Gasteiger partial charge >= 0.3 is 0 Å². The highest BCUT2D eigenvalue weighted by atomic mass is 16.5. The van der Waals surface area contributed by atoms with Crippen molar-refractivity contribution in [3.63, 3.8) is 0 Å². The molecule has 0 unspecified atom stereocenters. The van der Waals surface area contributed by atoms with Gasteiger partial charge in [-0.05, 0) is 56.2 Å². The average Bonchev–Trinajstić information content (AvgIpc) is 2.92. The number of Topliss-reactive ketones (excluding diaryl/α,β-unsaturated/α-hetero) is 1. The molecule has 2 amide bonds. The van der Waals surface area contributed by atoms with E-state index in [1.807, 2.05) is 26.0 Å². The van der Waals surface area contributed by atoms with Crippen LogP contribution in [0.15, 0.2) is 36.4 Å². The SMILES string of the molecule is CC(=O)N[C@@H]1C(=O)N(CCOc2ccc(C(C)=O)cc2)c2c(C)ccc(C)c21. The van der Waals surface area contributed by atoms with E-state index in [0.717, 1.165) is 22.4 Å². The number of rotatable bonds is 6. The highest BCUT2D eigenvalue weighted by Crippen LogP contribution is 2.40. The number of nitrogens with zero attached hydrogens (tertiary/aromatic N) is 1. The van der Waals surface area contributed by atoms with Crippen LogP contribution in [-0.2, 0) is 9.59 Å². The van der Waals surface area contributed by atoms with Gasteiger partial charge in [0.2, 0.25) is 5.91 Å². The van der Waals surface area contributed by atoms with Crippen LogP contribution in [0.3, 0.4) is 0 Å². The lowest BCUT2D eigenvalue weighted by Gasteiger charge is -2.20. The third-order valence-corrected chi connectivity index (χ3v) is 4.90. The first kappa shape index (κ1) is 19.6. The lowest BCUT2D eigenvalue weighted by atomic mass is 9.99. The molecule has 6 heteroatoms. The van der Waals surface area contributed by atoms with Gasteiger partial charge in [-0.15, -0.1) is 0 Å². The minimum atomic E-state index is -0.665. The monoisotopic (exact) mass is 380 g/mol. The summed E-state index contributed by atoms with van der Waals surface area (Å²) in [7, 11) is 0. The van der Waals surface area contributed by atoms with Gasteiger partial charge in [-0.3, -0.25) is 14.4 Å². The summed E-state index contributed by atoms with van der Waals surface area (Å²) in [5, 5.41) is 2.77. The molecule has 0 aromatic heterocycles. The molecule has 1 aliphatic rings. The highest BCUT2D eigenvalue weighted by Gasteiger charge is 2.39. The molecular formula is C22H24N2O4. The molecule has 0 radical (unpaired) electrons. The summed E-state index contributed by atoms with van der Waals surface area (Å²) in [6, 6.07) is 10.2. The fourth-order valence-electron chi connectivity index (χ4n) is 3.53. The molecule has 28 heavy (non-hydrogen) atoms. The fraction of sp³-hybridized carbons (Fsp3) is 0.318. The molecular weight excluding hydrogens is 356 g/mol. The average molecular weight is 380 g/mol. The maximum absolute atomic E-state index is 13.0. The minimum absolute atomic E-state index is 0.000628. The van der Waals surface area contributed by atoms with Gasteiger partial charge < -0.3 is 15.0 Å². The van der Waals surface area contributed by atoms with E-state index in [9.17, 15) is 14.4 Å². The van der Waals surface area contributed by atoms with E-state index >= 15 is 0 Å². The van der Waals surface area contributed by atoms with Crippen LogP contribution in [0.25, 0.3) is 0 Å². The van der Waals surface area contributed by atoms with Crippen LogP contribution >= 0.6 is 0 Å². The second kappa shape index (κ2) is 7.84. The van der Waals surface area contributed by atoms with Gasteiger partial charge in [0.1, 0.15) is 18.4 Å². The van der Waals surface area contributed by atoms with Gasteiger partial charge in [-0.25, -0.2) is 0 Å². The molecule has 2 aromatic carbocycles. The van der Waals surface area contributed by atoms with Crippen molar-refractivity contribution in [3.8, 4) is 5.75 Å². The number of nitrogens with one attached hydrogen (secondary N) is 1. The molecule has 0 saturated heterocycles. The molecule has 0 fully saturated rings. The number of carbonyl (C=O) groups is 3. The van der Waals surface area contributed by atoms with Gasteiger partial charge in [0.25, 0.3) is 5.91 Å². The van der Waals surface area contributed by atoms with Crippen molar-refractivity contribution in [1.82, 2.24) is 5.32 Å². The first-order valence-corrected chi connectivity index (χ1v) is 9.22. The molecule has 0 aliphatic carbocycles. The smallest absolute Gasteiger partial charge is 0.254 e. The molecule has 1 heterocycles. The first-order valence-electron chi connectivity index (χ1n) is 9.22. The molecule has 1 aliphatic heterocycles. The number of hydrogen-bond acceptors (Lipinski definition) is 4. The Labute approximate surface area is 164 Å². The summed E-state index contributed by atoms with van der Waals surface area (Å²) in [5.74, 6) is 0.240. The Morgan fingerprint density at radius 2 is 1.68 bits per heavy atom. The molecule has 6 nitrogen and oxygen atoms in total. The van der Waals surface area contributed by atoms with E-state index in [1.54, 1.807) is 29.2 Å². The van der Waals surface area contributed by atoms with Crippen LogP contribution < -0.4 is 15.0 Å². The van der Waals surface area contributed by atoms with Crippen LogP contribution in [0, 0.1) is 13.8 Å². The first-order chi connectivity index (χ1) is 13.3. The number of amides is 2. The van der Waals surface area contributed by atoms with Gasteiger partial charge in [0, 0.05) is 18.1 Å². The number of ether oxygens (including phenoxy) is 1. The Morgan fingerprint density at radius 1 is 1.04 bits per heavy atom. The summed E-state index contributed by atoms with van der Waals surface area (Å²) in [6.07, 6.45) is 0. The van der Waals surface area contributed by atoms with Crippen molar-refractivity contribution < 1.29 is 19.1 Å². The van der Waals surface area contributed by atoms with Crippen LogP contribution in [0.4, 0.5) is 5.69 Å². The summed E-state index contributed by atoms with van der Waals surface area (Å²) < 4.78 is 5.76. The Morgan fingerprint density at radius 3 is 2.29 bits per heavy atom. The number of hydrogen-bond donors (Lipinski definition) is 1. The molecule has 1 atom stereocenters. The topological polar surface area (TPSA) is 75.7 Å². The third-order valence-electron chi connectivity index (χ3n) is 4.90. The van der Waals surface area contributed by atoms with Crippen molar-refractivity contribution in [2.45, 2.75) is 33.7 Å². The Kier molecular flexibility index (Phi) is 5.49. The number of ketones is 1. The standard InChI is InChI=1S/C22H24N2O4/c1-13-5-6-14(2)21-19(13)20(23-16(4)26)22(27)24(21)11-12-28-18-9-7-17(8-10-18)15(3)25/h5-10,20H,11-12H2,1-4H3,(H,23,26)/t20-/m0/s1. The van der Waals surface area contributed by atoms with Crippen LogP contribution in [0.5, 0.6) is 5.75 Å². The Balaban J connectivity index is 1.77. The van der Waals surface area contributed by atoms with E-state index in [-0.39, 0.29) is 17.6 Å². The largest absolute Gasteiger partial charge is 0.492 e. The molecule has 2 aromatic rings. The maximum atomic E-state index is 13.0. The van der Waals surface area contributed by atoms with Gasteiger partial charge in [-0.2, -0.15) is 0 Å². The Hall–Kier alpha value is -3.15. The predicted octanol–water partition coefficient (Wildman–Crippen LogP) is 3.11. The van der Waals surface area contributed by atoms with E-state index in [4.69, 9.17) is 4.74 Å². The summed E-state index contributed by atoms with van der Waals surface area (Å²) >= 11 is 0. The number of benzene rings is 2. The summed E-state index contributed by atoms with van der Waals surface area (Å²) in [4.78, 5) is 37.6. The summed E-state index contributed by atoms with van der Waals surface area (Å²) in [5.41, 5.74) is 4.27. The van der Waals surface area contributed by atoms with Crippen molar-refractivity contribution in [2.75, 3.05) is 18.1 Å². The summed E-state index contributed by atoms with van der Waals surface area (Å²) in [6.45, 7) is 7.48. The second-order valence-corrected chi connectivity index (χ2v) is 7.01. The minimum Gasteiger partial charge on any atom is -0.492 e. The van der Waals surface area contributed by atoms with Crippen LogP contribution in [0.1, 0.15) is 46.9 Å². The van der Waals surface area contributed by atoms with Crippen molar-refractivity contribution in [1.29, 1.82) is 0 Å². The fourth-order valence-corrected chi connectivity index (χ4v) is 3.53. The van der Waals surface area contributed by atoms with Crippen LogP contribution in [-0.4, -0.2) is 30.7 Å². The number of fused-ring (bicyclic) bond motifs is 1. The molecule has 0 saturated carbocycles. The normalized spacial score (nSPS) is 15.4. The van der Waals surface area contributed by atoms with Crippen LogP contribution in [0.2, 0.25) is 0 Å².